The number of amides is 1. The monoisotopic (exact) mass is 386 g/mol. The summed E-state index contributed by atoms with van der Waals surface area (Å²) in [5.41, 5.74) is 1.09. The number of halogens is 2. The molecule has 1 atom stereocenters. The molecule has 138 valence electrons. The highest BCUT2D eigenvalue weighted by molar-refractivity contribution is 6.35. The second kappa shape index (κ2) is 6.39. The summed E-state index contributed by atoms with van der Waals surface area (Å²) in [5, 5.41) is 3.20. The highest BCUT2D eigenvalue weighted by Crippen LogP contribution is 2.33. The van der Waals surface area contributed by atoms with Gasteiger partial charge in [0.1, 0.15) is 23.2 Å². The maximum absolute atomic E-state index is 13.3. The minimum Gasteiger partial charge on any atom is -0.487 e. The van der Waals surface area contributed by atoms with E-state index in [-0.39, 0.29) is 22.1 Å². The largest absolute Gasteiger partial charge is 0.487 e. The van der Waals surface area contributed by atoms with E-state index in [4.69, 9.17) is 16.3 Å². The molecular formula is C20H16ClFN2O3. The molecule has 0 saturated heterocycles. The molecule has 1 amide bonds. The molecule has 0 unspecified atom stereocenters. The summed E-state index contributed by atoms with van der Waals surface area (Å²) in [5.74, 6) is -0.401. The van der Waals surface area contributed by atoms with Gasteiger partial charge in [-0.25, -0.2) is 4.39 Å². The Kier molecular flexibility index (Phi) is 4.15. The SMILES string of the molecule is Cc1cc(F)ccc1NC(=O)c1cn2c3c(ccc(Cl)c3c1=O)O[C@H](C)C2. The van der Waals surface area contributed by atoms with E-state index in [2.05, 4.69) is 5.32 Å². The number of hydrogen-bond acceptors (Lipinski definition) is 3. The Bertz CT molecular complexity index is 1160. The van der Waals surface area contributed by atoms with Crippen LogP contribution in [0.5, 0.6) is 5.75 Å². The standard InChI is InChI=1S/C20H16ClFN2O3/c1-10-7-12(22)3-5-15(10)23-20(26)13-9-24-8-11(2)27-16-6-4-14(21)17(18(16)24)19(13)25/h3-7,9,11H,8H2,1-2H3,(H,23,26)/t11-/m1/s1. The molecule has 1 aliphatic heterocycles. The van der Waals surface area contributed by atoms with E-state index in [1.54, 1.807) is 19.1 Å². The average molecular weight is 387 g/mol. The van der Waals surface area contributed by atoms with Crippen LogP contribution >= 0.6 is 11.6 Å². The van der Waals surface area contributed by atoms with Gasteiger partial charge in [0.2, 0.25) is 5.43 Å². The third-order valence-corrected chi connectivity index (χ3v) is 4.91. The van der Waals surface area contributed by atoms with Crippen LogP contribution in [0.2, 0.25) is 5.02 Å². The van der Waals surface area contributed by atoms with Crippen LogP contribution in [0.4, 0.5) is 10.1 Å². The zero-order valence-corrected chi connectivity index (χ0v) is 15.4. The third kappa shape index (κ3) is 2.96. The van der Waals surface area contributed by atoms with E-state index in [1.807, 2.05) is 11.5 Å². The summed E-state index contributed by atoms with van der Waals surface area (Å²) in [6.07, 6.45) is 1.41. The van der Waals surface area contributed by atoms with Crippen LogP contribution in [0, 0.1) is 12.7 Å². The summed E-state index contributed by atoms with van der Waals surface area (Å²) in [6, 6.07) is 7.34. The van der Waals surface area contributed by atoms with E-state index < -0.39 is 17.2 Å². The average Bonchev–Trinajstić information content (AvgIpc) is 2.61. The first-order valence-corrected chi connectivity index (χ1v) is 8.83. The smallest absolute Gasteiger partial charge is 0.261 e. The van der Waals surface area contributed by atoms with Gasteiger partial charge >= 0.3 is 0 Å². The van der Waals surface area contributed by atoms with Crippen molar-refractivity contribution in [2.75, 3.05) is 5.32 Å². The minimum absolute atomic E-state index is 0.0284. The van der Waals surface area contributed by atoms with Gasteiger partial charge < -0.3 is 14.6 Å². The number of ether oxygens (including phenoxy) is 1. The van der Waals surface area contributed by atoms with Crippen molar-refractivity contribution in [3.05, 3.63) is 68.7 Å². The molecule has 1 N–H and O–H groups in total. The maximum atomic E-state index is 13.3. The molecule has 0 radical (unpaired) electrons. The van der Waals surface area contributed by atoms with Crippen LogP contribution in [-0.2, 0) is 6.54 Å². The lowest BCUT2D eigenvalue weighted by molar-refractivity contribution is 0.102. The number of pyridine rings is 1. The fourth-order valence-electron chi connectivity index (χ4n) is 3.35. The summed E-state index contributed by atoms with van der Waals surface area (Å²) in [4.78, 5) is 25.8. The molecular weight excluding hydrogens is 371 g/mol. The topological polar surface area (TPSA) is 60.3 Å². The van der Waals surface area contributed by atoms with Gasteiger partial charge in [0, 0.05) is 11.9 Å². The van der Waals surface area contributed by atoms with Gasteiger partial charge in [0.05, 0.1) is 22.5 Å². The molecule has 0 bridgehead atoms. The lowest BCUT2D eigenvalue weighted by atomic mass is 10.1. The van der Waals surface area contributed by atoms with Crippen molar-refractivity contribution in [3.8, 4) is 5.75 Å². The molecule has 4 rings (SSSR count). The fraction of sp³-hybridized carbons (Fsp3) is 0.200. The van der Waals surface area contributed by atoms with Crippen LogP contribution < -0.4 is 15.5 Å². The van der Waals surface area contributed by atoms with Crippen LogP contribution in [0.1, 0.15) is 22.8 Å². The molecule has 0 saturated carbocycles. The molecule has 7 heteroatoms. The Morgan fingerprint density at radius 1 is 1.33 bits per heavy atom. The molecule has 0 spiro atoms. The van der Waals surface area contributed by atoms with Gasteiger partial charge in [-0.15, -0.1) is 0 Å². The maximum Gasteiger partial charge on any atom is 0.261 e. The van der Waals surface area contributed by atoms with E-state index in [1.165, 1.54) is 24.4 Å². The highest BCUT2D eigenvalue weighted by atomic mass is 35.5. The minimum atomic E-state index is -0.569. The Morgan fingerprint density at radius 3 is 2.85 bits per heavy atom. The first-order chi connectivity index (χ1) is 12.8. The first-order valence-electron chi connectivity index (χ1n) is 8.45. The lowest BCUT2D eigenvalue weighted by Gasteiger charge is -2.26. The number of aryl methyl sites for hydroxylation is 1. The lowest BCUT2D eigenvalue weighted by Crippen LogP contribution is -2.30. The highest BCUT2D eigenvalue weighted by Gasteiger charge is 2.24. The number of aromatic nitrogens is 1. The molecule has 3 aromatic rings. The number of rotatable bonds is 2. The molecule has 5 nitrogen and oxygen atoms in total. The Morgan fingerprint density at radius 2 is 2.11 bits per heavy atom. The van der Waals surface area contributed by atoms with Gasteiger partial charge in [0.25, 0.3) is 5.91 Å². The van der Waals surface area contributed by atoms with Crippen molar-refractivity contribution in [2.24, 2.45) is 0 Å². The van der Waals surface area contributed by atoms with Crippen molar-refractivity contribution in [1.82, 2.24) is 4.57 Å². The Labute approximate surface area is 159 Å². The zero-order valence-electron chi connectivity index (χ0n) is 14.7. The van der Waals surface area contributed by atoms with Crippen LogP contribution in [0.15, 0.2) is 41.3 Å². The van der Waals surface area contributed by atoms with Crippen LogP contribution in [0.3, 0.4) is 0 Å². The molecule has 2 heterocycles. The summed E-state index contributed by atoms with van der Waals surface area (Å²) < 4.78 is 20.9. The normalized spacial score (nSPS) is 15.5. The number of nitrogens with one attached hydrogen (secondary N) is 1. The fourth-order valence-corrected chi connectivity index (χ4v) is 3.59. The molecule has 1 aliphatic rings. The van der Waals surface area contributed by atoms with Gasteiger partial charge in [-0.2, -0.15) is 0 Å². The van der Waals surface area contributed by atoms with E-state index in [0.717, 1.165) is 0 Å². The van der Waals surface area contributed by atoms with E-state index >= 15 is 0 Å². The van der Waals surface area contributed by atoms with Crippen molar-refractivity contribution >= 4 is 34.1 Å². The number of hydrogen-bond donors (Lipinski definition) is 1. The predicted molar refractivity (Wildman–Crippen MR) is 102 cm³/mol. The van der Waals surface area contributed by atoms with E-state index in [0.29, 0.717) is 29.1 Å². The van der Waals surface area contributed by atoms with Crippen LogP contribution in [-0.4, -0.2) is 16.6 Å². The second-order valence-corrected chi connectivity index (χ2v) is 7.04. The number of carbonyl (C=O) groups excluding carboxylic acids is 1. The van der Waals surface area contributed by atoms with Crippen molar-refractivity contribution in [3.63, 3.8) is 0 Å². The molecule has 1 aromatic heterocycles. The van der Waals surface area contributed by atoms with Gasteiger partial charge in [0.15, 0.2) is 0 Å². The Balaban J connectivity index is 1.85. The second-order valence-electron chi connectivity index (χ2n) is 6.64. The number of anilines is 1. The predicted octanol–water partition coefficient (Wildman–Crippen LogP) is 4.14. The van der Waals surface area contributed by atoms with Gasteiger partial charge in [-0.1, -0.05) is 11.6 Å². The van der Waals surface area contributed by atoms with Crippen molar-refractivity contribution in [2.45, 2.75) is 26.5 Å². The zero-order chi connectivity index (χ0) is 19.3. The molecule has 0 aliphatic carbocycles. The quantitative estimate of drug-likeness (QED) is 0.720. The first kappa shape index (κ1) is 17.5. The summed E-state index contributed by atoms with van der Waals surface area (Å²) in [6.45, 7) is 4.07. The third-order valence-electron chi connectivity index (χ3n) is 4.60. The van der Waals surface area contributed by atoms with Crippen molar-refractivity contribution in [1.29, 1.82) is 0 Å². The number of nitrogens with zero attached hydrogens (tertiary/aromatic N) is 1. The molecule has 2 aromatic carbocycles. The summed E-state index contributed by atoms with van der Waals surface area (Å²) >= 11 is 6.26. The number of carbonyl (C=O) groups is 1. The molecule has 0 fully saturated rings. The van der Waals surface area contributed by atoms with E-state index in [9.17, 15) is 14.0 Å². The van der Waals surface area contributed by atoms with Crippen molar-refractivity contribution < 1.29 is 13.9 Å². The van der Waals surface area contributed by atoms with Gasteiger partial charge in [-0.3, -0.25) is 9.59 Å². The van der Waals surface area contributed by atoms with Crippen LogP contribution in [0.25, 0.3) is 10.9 Å². The Hall–Kier alpha value is -2.86. The van der Waals surface area contributed by atoms with Gasteiger partial charge in [-0.05, 0) is 49.7 Å². The summed E-state index contributed by atoms with van der Waals surface area (Å²) in [7, 11) is 0. The number of benzene rings is 2. The molecule has 27 heavy (non-hydrogen) atoms.